The van der Waals surface area contributed by atoms with E-state index in [1.54, 1.807) is 0 Å². The summed E-state index contributed by atoms with van der Waals surface area (Å²) in [6.45, 7) is 0. The zero-order valence-electron chi connectivity index (χ0n) is 5.62. The molecule has 0 aromatic heterocycles. The van der Waals surface area contributed by atoms with E-state index in [2.05, 4.69) is 12.6 Å². The standard InChI is InChI=1S/C6H3Cl2NO2S/c7-3-1-2-4(8)6(12)5(3)9(10)11/h1-2,12H. The molecular weight excluding hydrogens is 221 g/mol. The zero-order chi connectivity index (χ0) is 9.30. The van der Waals surface area contributed by atoms with E-state index in [0.29, 0.717) is 0 Å². The van der Waals surface area contributed by atoms with Gasteiger partial charge in [-0.1, -0.05) is 23.2 Å². The minimum absolute atomic E-state index is 0.0365. The van der Waals surface area contributed by atoms with Crippen LogP contribution in [0.2, 0.25) is 10.0 Å². The Bertz CT molecular complexity index is 343. The molecular formula is C6H3Cl2NO2S. The fraction of sp³-hybridized carbons (Fsp3) is 0. The fourth-order valence-electron chi connectivity index (χ4n) is 0.704. The summed E-state index contributed by atoms with van der Waals surface area (Å²) in [6, 6.07) is 2.82. The normalized spacial score (nSPS) is 9.92. The van der Waals surface area contributed by atoms with Gasteiger partial charge in [-0.3, -0.25) is 10.1 Å². The number of halogens is 2. The SMILES string of the molecule is O=[N+]([O-])c1c(Cl)ccc(Cl)c1S. The second-order valence-electron chi connectivity index (χ2n) is 1.98. The van der Waals surface area contributed by atoms with Gasteiger partial charge in [0.25, 0.3) is 0 Å². The lowest BCUT2D eigenvalue weighted by Crippen LogP contribution is -1.91. The van der Waals surface area contributed by atoms with E-state index in [0.717, 1.165) is 0 Å². The van der Waals surface area contributed by atoms with Crippen LogP contribution in [0.15, 0.2) is 17.0 Å². The van der Waals surface area contributed by atoms with Gasteiger partial charge in [0.1, 0.15) is 9.92 Å². The van der Waals surface area contributed by atoms with Gasteiger partial charge in [0.05, 0.1) is 9.95 Å². The molecule has 6 heteroatoms. The van der Waals surface area contributed by atoms with Crippen LogP contribution in [0.4, 0.5) is 5.69 Å². The van der Waals surface area contributed by atoms with Gasteiger partial charge >= 0.3 is 5.69 Å². The summed E-state index contributed by atoms with van der Waals surface area (Å²) in [5.41, 5.74) is -0.257. The first-order valence-corrected chi connectivity index (χ1v) is 4.05. The third-order valence-electron chi connectivity index (χ3n) is 1.24. The Kier molecular flexibility index (Phi) is 2.82. The Morgan fingerprint density at radius 3 is 2.25 bits per heavy atom. The van der Waals surface area contributed by atoms with Crippen molar-refractivity contribution in [2.75, 3.05) is 0 Å². The van der Waals surface area contributed by atoms with E-state index in [9.17, 15) is 10.1 Å². The highest BCUT2D eigenvalue weighted by Crippen LogP contribution is 2.35. The van der Waals surface area contributed by atoms with Crippen molar-refractivity contribution in [2.45, 2.75) is 4.90 Å². The maximum absolute atomic E-state index is 10.4. The summed E-state index contributed by atoms with van der Waals surface area (Å²) in [6.07, 6.45) is 0. The number of nitro groups is 1. The first-order valence-electron chi connectivity index (χ1n) is 2.85. The molecule has 0 atom stereocenters. The lowest BCUT2D eigenvalue weighted by molar-refractivity contribution is -0.387. The molecule has 0 spiro atoms. The molecule has 0 aliphatic rings. The molecule has 1 aromatic rings. The van der Waals surface area contributed by atoms with Gasteiger partial charge < -0.3 is 0 Å². The monoisotopic (exact) mass is 223 g/mol. The molecule has 0 saturated carbocycles. The third-order valence-corrected chi connectivity index (χ3v) is 2.44. The van der Waals surface area contributed by atoms with Gasteiger partial charge in [-0.15, -0.1) is 12.6 Å². The van der Waals surface area contributed by atoms with Crippen molar-refractivity contribution < 1.29 is 4.92 Å². The van der Waals surface area contributed by atoms with Crippen LogP contribution in [-0.2, 0) is 0 Å². The van der Waals surface area contributed by atoms with Crippen molar-refractivity contribution in [1.82, 2.24) is 0 Å². The Hall–Kier alpha value is -0.450. The van der Waals surface area contributed by atoms with E-state index in [1.807, 2.05) is 0 Å². The van der Waals surface area contributed by atoms with Gasteiger partial charge in [-0.25, -0.2) is 0 Å². The largest absolute Gasteiger partial charge is 0.302 e. The molecule has 0 bridgehead atoms. The average Bonchev–Trinajstić information content (AvgIpc) is 1.97. The summed E-state index contributed by atoms with van der Waals surface area (Å²) in [7, 11) is 0. The second kappa shape index (κ2) is 3.51. The maximum Gasteiger partial charge on any atom is 0.302 e. The lowest BCUT2D eigenvalue weighted by atomic mass is 10.3. The molecule has 0 unspecified atom stereocenters. The predicted molar refractivity (Wildman–Crippen MR) is 50.4 cm³/mol. The highest BCUT2D eigenvalue weighted by Gasteiger charge is 2.18. The third kappa shape index (κ3) is 1.65. The Morgan fingerprint density at radius 1 is 1.33 bits per heavy atom. The molecule has 0 heterocycles. The van der Waals surface area contributed by atoms with E-state index >= 15 is 0 Å². The molecule has 0 N–H and O–H groups in total. The van der Waals surface area contributed by atoms with Crippen LogP contribution in [-0.4, -0.2) is 4.92 Å². The molecule has 0 amide bonds. The maximum atomic E-state index is 10.4. The summed E-state index contributed by atoms with van der Waals surface area (Å²) in [4.78, 5) is 9.89. The van der Waals surface area contributed by atoms with E-state index < -0.39 is 4.92 Å². The zero-order valence-corrected chi connectivity index (χ0v) is 8.03. The number of rotatable bonds is 1. The molecule has 1 aromatic carbocycles. The minimum Gasteiger partial charge on any atom is -0.258 e. The van der Waals surface area contributed by atoms with E-state index in [-0.39, 0.29) is 20.6 Å². The molecule has 0 radical (unpaired) electrons. The van der Waals surface area contributed by atoms with Crippen molar-refractivity contribution in [1.29, 1.82) is 0 Å². The number of hydrogen-bond acceptors (Lipinski definition) is 3. The predicted octanol–water partition coefficient (Wildman–Crippen LogP) is 3.19. The highest BCUT2D eigenvalue weighted by atomic mass is 35.5. The van der Waals surface area contributed by atoms with Crippen LogP contribution >= 0.6 is 35.8 Å². The molecule has 64 valence electrons. The van der Waals surface area contributed by atoms with Crippen LogP contribution in [0.25, 0.3) is 0 Å². The van der Waals surface area contributed by atoms with Gasteiger partial charge in [0.15, 0.2) is 0 Å². The van der Waals surface area contributed by atoms with E-state index in [4.69, 9.17) is 23.2 Å². The van der Waals surface area contributed by atoms with Crippen LogP contribution in [0.3, 0.4) is 0 Å². The summed E-state index contributed by atoms with van der Waals surface area (Å²) in [5.74, 6) is 0. The van der Waals surface area contributed by atoms with Gasteiger partial charge in [0, 0.05) is 0 Å². The number of benzene rings is 1. The van der Waals surface area contributed by atoms with Gasteiger partial charge in [0.2, 0.25) is 0 Å². The smallest absolute Gasteiger partial charge is 0.258 e. The highest BCUT2D eigenvalue weighted by molar-refractivity contribution is 7.80. The topological polar surface area (TPSA) is 43.1 Å². The summed E-state index contributed by atoms with van der Waals surface area (Å²) in [5, 5.41) is 10.7. The van der Waals surface area contributed by atoms with Crippen molar-refractivity contribution in [3.63, 3.8) is 0 Å². The average molecular weight is 224 g/mol. The van der Waals surface area contributed by atoms with Gasteiger partial charge in [-0.05, 0) is 12.1 Å². The Labute approximate surface area is 83.8 Å². The van der Waals surface area contributed by atoms with Crippen LogP contribution in [0.5, 0.6) is 0 Å². The summed E-state index contributed by atoms with van der Waals surface area (Å²) >= 11 is 15.0. The minimum atomic E-state index is -0.615. The number of nitro benzene ring substituents is 1. The molecule has 0 aliphatic carbocycles. The number of nitrogens with zero attached hydrogens (tertiary/aromatic N) is 1. The van der Waals surface area contributed by atoms with E-state index in [1.165, 1.54) is 12.1 Å². The number of thiol groups is 1. The van der Waals surface area contributed by atoms with Crippen molar-refractivity contribution in [3.05, 3.63) is 32.3 Å². The molecule has 3 nitrogen and oxygen atoms in total. The first-order chi connectivity index (χ1) is 5.54. The van der Waals surface area contributed by atoms with Crippen molar-refractivity contribution in [3.8, 4) is 0 Å². The van der Waals surface area contributed by atoms with Crippen LogP contribution < -0.4 is 0 Å². The van der Waals surface area contributed by atoms with Gasteiger partial charge in [-0.2, -0.15) is 0 Å². The lowest BCUT2D eigenvalue weighted by Gasteiger charge is -1.99. The molecule has 0 aliphatic heterocycles. The number of hydrogen-bond donors (Lipinski definition) is 1. The van der Waals surface area contributed by atoms with Crippen LogP contribution in [0.1, 0.15) is 0 Å². The summed E-state index contributed by atoms with van der Waals surface area (Å²) < 4.78 is 0. The van der Waals surface area contributed by atoms with Crippen molar-refractivity contribution in [2.24, 2.45) is 0 Å². The quantitative estimate of drug-likeness (QED) is 0.452. The molecule has 0 fully saturated rings. The Morgan fingerprint density at radius 2 is 1.83 bits per heavy atom. The Balaban J connectivity index is 3.43. The van der Waals surface area contributed by atoms with Crippen molar-refractivity contribution >= 4 is 41.5 Å². The first kappa shape index (κ1) is 9.64. The molecule has 0 saturated heterocycles. The fourth-order valence-corrected chi connectivity index (χ4v) is 1.43. The molecule has 12 heavy (non-hydrogen) atoms. The second-order valence-corrected chi connectivity index (χ2v) is 3.25. The van der Waals surface area contributed by atoms with Crippen LogP contribution in [0, 0.1) is 10.1 Å². The molecule has 1 rings (SSSR count).